The van der Waals surface area contributed by atoms with Crippen molar-refractivity contribution in [3.8, 4) is 6.07 Å². The molecule has 0 radical (unpaired) electrons. The highest BCUT2D eigenvalue weighted by Crippen LogP contribution is 2.33. The average Bonchev–Trinajstić information content (AvgIpc) is 2.93. The van der Waals surface area contributed by atoms with Crippen molar-refractivity contribution in [2.75, 3.05) is 36.0 Å². The Morgan fingerprint density at radius 2 is 1.61 bits per heavy atom. The smallest absolute Gasteiger partial charge is 0.368 e. The van der Waals surface area contributed by atoms with E-state index in [1.165, 1.54) is 6.07 Å². The zero-order chi connectivity index (χ0) is 26.7. The number of para-hydroxylation sites is 2. The van der Waals surface area contributed by atoms with Crippen LogP contribution >= 0.6 is 0 Å². The first-order valence-corrected chi connectivity index (χ1v) is 13.0. The van der Waals surface area contributed by atoms with Crippen LogP contribution in [0.1, 0.15) is 49.3 Å². The van der Waals surface area contributed by atoms with Crippen molar-refractivity contribution in [1.29, 1.82) is 5.26 Å². The molecule has 1 unspecified atom stereocenters. The minimum absolute atomic E-state index is 0.0555. The van der Waals surface area contributed by atoms with Crippen LogP contribution in [0, 0.1) is 11.3 Å². The summed E-state index contributed by atoms with van der Waals surface area (Å²) in [6.07, 6.45) is 0.659. The van der Waals surface area contributed by atoms with E-state index in [1.54, 1.807) is 12.1 Å². The highest BCUT2D eigenvalue weighted by Gasteiger charge is 2.33. The number of alkyl halides is 3. The van der Waals surface area contributed by atoms with Crippen LogP contribution in [-0.2, 0) is 11.0 Å². The fourth-order valence-corrected chi connectivity index (χ4v) is 5.26. The Kier molecular flexibility index (Phi) is 7.36. The van der Waals surface area contributed by atoms with E-state index in [0.717, 1.165) is 44.2 Å². The number of piperazine rings is 1. The van der Waals surface area contributed by atoms with E-state index in [9.17, 15) is 23.2 Å². The van der Waals surface area contributed by atoms with Gasteiger partial charge in [0.25, 0.3) is 0 Å². The fraction of sp³-hybridized carbons (Fsp3) is 0.429. The number of hydrogen-bond acceptors (Lipinski definition) is 6. The first-order valence-electron chi connectivity index (χ1n) is 13.0. The second-order valence-electron chi connectivity index (χ2n) is 9.85. The molecule has 1 aliphatic carbocycles. The molecule has 1 aliphatic heterocycles. The van der Waals surface area contributed by atoms with Gasteiger partial charge in [-0.25, -0.2) is 9.97 Å². The third kappa shape index (κ3) is 5.52. The van der Waals surface area contributed by atoms with E-state index in [2.05, 4.69) is 11.4 Å². The van der Waals surface area contributed by atoms with Crippen LogP contribution in [0.25, 0.3) is 11.0 Å². The minimum Gasteiger partial charge on any atom is -0.368 e. The number of anilines is 2. The molecule has 1 aromatic heterocycles. The van der Waals surface area contributed by atoms with Gasteiger partial charge in [0, 0.05) is 37.9 Å². The van der Waals surface area contributed by atoms with Gasteiger partial charge in [-0.1, -0.05) is 37.5 Å². The van der Waals surface area contributed by atoms with Crippen molar-refractivity contribution in [1.82, 2.24) is 15.3 Å². The average molecular weight is 523 g/mol. The molecule has 1 saturated carbocycles. The lowest BCUT2D eigenvalue weighted by Crippen LogP contribution is -2.47. The maximum atomic E-state index is 13.2. The number of nitrogens with one attached hydrogen (secondary N) is 1. The highest BCUT2D eigenvalue weighted by molar-refractivity contribution is 5.89. The monoisotopic (exact) mass is 522 g/mol. The topological polar surface area (TPSA) is 85.1 Å². The normalized spacial score (nSPS) is 17.7. The molecule has 2 aliphatic rings. The van der Waals surface area contributed by atoms with Crippen LogP contribution in [0.2, 0.25) is 0 Å². The SMILES string of the molecule is N#CC(C(=O)NC1CCCCC1)c1nc2ccccc2nc1N1CCN(c2cccc(C(F)(F)F)c2)CC1. The van der Waals surface area contributed by atoms with Gasteiger partial charge in [0.15, 0.2) is 11.7 Å². The van der Waals surface area contributed by atoms with Gasteiger partial charge < -0.3 is 15.1 Å². The predicted octanol–water partition coefficient (Wildman–Crippen LogP) is 5.03. The lowest BCUT2D eigenvalue weighted by molar-refractivity contribution is -0.137. The molecule has 3 aromatic rings. The third-order valence-electron chi connectivity index (χ3n) is 7.31. The molecule has 1 amide bonds. The Morgan fingerprint density at radius 1 is 0.947 bits per heavy atom. The minimum atomic E-state index is -4.40. The highest BCUT2D eigenvalue weighted by atomic mass is 19.4. The maximum absolute atomic E-state index is 13.2. The second kappa shape index (κ2) is 10.9. The molecular formula is C28H29F3N6O. The standard InChI is InChI=1S/C28H29F3N6O/c29-28(30,31)19-7-6-10-21(17-19)36-13-15-37(16-14-36)26-25(34-23-11-4-5-12-24(23)35-26)22(18-32)27(38)33-20-8-2-1-3-9-20/h4-7,10-12,17,20,22H,1-3,8-9,13-16H2,(H,33,38). The first kappa shape index (κ1) is 25.8. The lowest BCUT2D eigenvalue weighted by atomic mass is 9.94. The Labute approximate surface area is 219 Å². The molecule has 2 aromatic carbocycles. The third-order valence-corrected chi connectivity index (χ3v) is 7.31. The van der Waals surface area contributed by atoms with Crippen LogP contribution < -0.4 is 15.1 Å². The molecule has 2 heterocycles. The lowest BCUT2D eigenvalue weighted by Gasteiger charge is -2.37. The van der Waals surface area contributed by atoms with E-state index in [1.807, 2.05) is 28.0 Å². The van der Waals surface area contributed by atoms with Crippen LogP contribution in [0.5, 0.6) is 0 Å². The summed E-state index contributed by atoms with van der Waals surface area (Å²) in [6.45, 7) is 1.83. The van der Waals surface area contributed by atoms with Crippen molar-refractivity contribution in [2.45, 2.75) is 50.2 Å². The van der Waals surface area contributed by atoms with Gasteiger partial charge in [-0.05, 0) is 43.2 Å². The number of amides is 1. The molecule has 38 heavy (non-hydrogen) atoms. The summed E-state index contributed by atoms with van der Waals surface area (Å²) < 4.78 is 39.6. The number of carbonyl (C=O) groups is 1. The number of carbonyl (C=O) groups excluding carboxylic acids is 1. The molecule has 0 bridgehead atoms. The quantitative estimate of drug-likeness (QED) is 0.506. The van der Waals surface area contributed by atoms with Crippen LogP contribution in [0.4, 0.5) is 24.7 Å². The predicted molar refractivity (Wildman–Crippen MR) is 139 cm³/mol. The molecule has 198 valence electrons. The largest absolute Gasteiger partial charge is 0.416 e. The van der Waals surface area contributed by atoms with Gasteiger partial charge in [-0.3, -0.25) is 4.79 Å². The molecule has 1 saturated heterocycles. The van der Waals surface area contributed by atoms with E-state index in [0.29, 0.717) is 54.4 Å². The summed E-state index contributed by atoms with van der Waals surface area (Å²) in [4.78, 5) is 26.6. The Morgan fingerprint density at radius 3 is 2.26 bits per heavy atom. The molecule has 7 nitrogen and oxygen atoms in total. The van der Waals surface area contributed by atoms with Crippen LogP contribution in [-0.4, -0.2) is 48.1 Å². The maximum Gasteiger partial charge on any atom is 0.416 e. The van der Waals surface area contributed by atoms with Crippen molar-refractivity contribution < 1.29 is 18.0 Å². The van der Waals surface area contributed by atoms with Gasteiger partial charge in [0.1, 0.15) is 5.69 Å². The molecular weight excluding hydrogens is 493 g/mol. The number of nitrogens with zero attached hydrogens (tertiary/aromatic N) is 5. The number of rotatable bonds is 5. The van der Waals surface area contributed by atoms with E-state index < -0.39 is 17.7 Å². The van der Waals surface area contributed by atoms with Crippen molar-refractivity contribution in [3.63, 3.8) is 0 Å². The summed E-state index contributed by atoms with van der Waals surface area (Å²) in [6, 6.07) is 14.8. The van der Waals surface area contributed by atoms with E-state index >= 15 is 0 Å². The Hall–Kier alpha value is -3.87. The summed E-state index contributed by atoms with van der Waals surface area (Å²) in [5.74, 6) is -1.02. The van der Waals surface area contributed by atoms with Crippen LogP contribution in [0.15, 0.2) is 48.5 Å². The van der Waals surface area contributed by atoms with Crippen molar-refractivity contribution in [2.24, 2.45) is 0 Å². The number of benzene rings is 2. The summed E-state index contributed by atoms with van der Waals surface area (Å²) in [5, 5.41) is 13.1. The molecule has 10 heteroatoms. The van der Waals surface area contributed by atoms with E-state index in [4.69, 9.17) is 9.97 Å². The van der Waals surface area contributed by atoms with Gasteiger partial charge in [0.2, 0.25) is 5.91 Å². The van der Waals surface area contributed by atoms with Crippen molar-refractivity contribution in [3.05, 3.63) is 59.8 Å². The van der Waals surface area contributed by atoms with Gasteiger partial charge in [-0.2, -0.15) is 18.4 Å². The first-order chi connectivity index (χ1) is 18.3. The van der Waals surface area contributed by atoms with Gasteiger partial charge in [-0.15, -0.1) is 0 Å². The van der Waals surface area contributed by atoms with Crippen LogP contribution in [0.3, 0.4) is 0 Å². The molecule has 1 atom stereocenters. The Bertz CT molecular complexity index is 1340. The second-order valence-corrected chi connectivity index (χ2v) is 9.85. The Balaban J connectivity index is 1.40. The zero-order valence-corrected chi connectivity index (χ0v) is 20.9. The fourth-order valence-electron chi connectivity index (χ4n) is 5.26. The zero-order valence-electron chi connectivity index (χ0n) is 20.9. The number of halogens is 3. The molecule has 0 spiro atoms. The van der Waals surface area contributed by atoms with Crippen molar-refractivity contribution >= 4 is 28.4 Å². The number of nitriles is 1. The number of fused-ring (bicyclic) bond motifs is 1. The van der Waals surface area contributed by atoms with Gasteiger partial charge >= 0.3 is 6.18 Å². The van der Waals surface area contributed by atoms with Gasteiger partial charge in [0.05, 0.1) is 22.7 Å². The summed E-state index contributed by atoms with van der Waals surface area (Å²) in [5.41, 5.74) is 1.38. The number of hydrogen-bond donors (Lipinski definition) is 1. The molecule has 2 fully saturated rings. The summed E-state index contributed by atoms with van der Waals surface area (Å²) >= 11 is 0. The molecule has 1 N–H and O–H groups in total. The molecule has 5 rings (SSSR count). The summed E-state index contributed by atoms with van der Waals surface area (Å²) in [7, 11) is 0. The number of aromatic nitrogens is 2. The van der Waals surface area contributed by atoms with E-state index in [-0.39, 0.29) is 11.9 Å².